The van der Waals surface area contributed by atoms with Crippen molar-refractivity contribution < 1.29 is 29.9 Å². The molecule has 13 nitrogen and oxygen atoms in total. The first-order valence-electron chi connectivity index (χ1n) is 21.7. The van der Waals surface area contributed by atoms with E-state index in [-0.39, 0.29) is 6.61 Å². The first kappa shape index (κ1) is 41.1. The molecular weight excluding hydrogens is 831 g/mol. The molecule has 4 aromatic heterocycles. The molecule has 4 aromatic carbocycles. The van der Waals surface area contributed by atoms with Gasteiger partial charge in [-0.05, 0) is 83.0 Å². The van der Waals surface area contributed by atoms with Crippen molar-refractivity contribution in [1.29, 1.82) is 0 Å². The van der Waals surface area contributed by atoms with Crippen LogP contribution in [0.25, 0.3) is 96.6 Å². The summed E-state index contributed by atoms with van der Waals surface area (Å²) >= 11 is 0. The van der Waals surface area contributed by atoms with Gasteiger partial charge in [0.1, 0.15) is 30.1 Å². The molecular formula is C53H43N7O6. The predicted octanol–water partition coefficient (Wildman–Crippen LogP) is 8.22. The van der Waals surface area contributed by atoms with Crippen molar-refractivity contribution in [3.63, 3.8) is 0 Å². The topological polar surface area (TPSA) is 187 Å². The summed E-state index contributed by atoms with van der Waals surface area (Å²) in [5.74, 6) is 0. The minimum Gasteiger partial charge on any atom is -0.394 e. The van der Waals surface area contributed by atoms with Crippen LogP contribution in [0.3, 0.4) is 0 Å². The van der Waals surface area contributed by atoms with E-state index in [4.69, 9.17) is 19.4 Å². The number of hydrogen-bond donors (Lipinski definition) is 6. The van der Waals surface area contributed by atoms with Crippen LogP contribution in [0, 0.1) is 0 Å². The second-order valence-corrected chi connectivity index (χ2v) is 16.3. The number of rotatable bonds is 9. The smallest absolute Gasteiger partial charge is 0.187 e. The summed E-state index contributed by atoms with van der Waals surface area (Å²) < 4.78 is 12.8. The molecule has 0 radical (unpaired) electrons. The summed E-state index contributed by atoms with van der Waals surface area (Å²) in [6.07, 6.45) is 3.10. The Morgan fingerprint density at radius 3 is 1.36 bits per heavy atom. The number of benzene rings is 4. The van der Waals surface area contributed by atoms with Gasteiger partial charge in [-0.25, -0.2) is 14.6 Å². The zero-order valence-corrected chi connectivity index (χ0v) is 35.3. The lowest BCUT2D eigenvalue weighted by Crippen LogP contribution is -2.59. The number of aliphatic hydroxyl groups is 4. The summed E-state index contributed by atoms with van der Waals surface area (Å²) in [5.41, 5.74) is 15.8. The van der Waals surface area contributed by atoms with Crippen LogP contribution in [0.15, 0.2) is 146 Å². The van der Waals surface area contributed by atoms with Gasteiger partial charge in [-0.2, -0.15) is 0 Å². The maximum absolute atomic E-state index is 10.4. The van der Waals surface area contributed by atoms with Crippen LogP contribution in [-0.4, -0.2) is 92.7 Å². The number of ether oxygens (including phenoxy) is 2. The molecule has 1 fully saturated rings. The molecule has 7 heterocycles. The molecule has 326 valence electrons. The van der Waals surface area contributed by atoms with E-state index in [9.17, 15) is 20.4 Å². The van der Waals surface area contributed by atoms with Crippen LogP contribution < -0.4 is 0 Å². The van der Waals surface area contributed by atoms with Crippen LogP contribution in [0.2, 0.25) is 0 Å². The van der Waals surface area contributed by atoms with Gasteiger partial charge in [-0.3, -0.25) is 0 Å². The molecule has 3 aliphatic rings. The van der Waals surface area contributed by atoms with E-state index in [0.29, 0.717) is 5.69 Å². The average molecular weight is 874 g/mol. The fourth-order valence-electron chi connectivity index (χ4n) is 8.88. The molecule has 6 N–H and O–H groups in total. The molecule has 8 aromatic rings. The van der Waals surface area contributed by atoms with Gasteiger partial charge in [0.25, 0.3) is 0 Å². The van der Waals surface area contributed by atoms with Crippen molar-refractivity contribution >= 4 is 46.4 Å². The molecule has 13 heteroatoms. The predicted molar refractivity (Wildman–Crippen MR) is 254 cm³/mol. The highest BCUT2D eigenvalue weighted by molar-refractivity contribution is 5.99. The van der Waals surface area contributed by atoms with Crippen molar-refractivity contribution in [2.24, 2.45) is 0 Å². The molecule has 0 spiro atoms. The molecule has 66 heavy (non-hydrogen) atoms. The standard InChI is InChI=1S/C53H43N7O6/c61-29-45-50(62)51(63)52(64)53(66-45)65-30-35-28-60(59-58-35)36-18-16-34(17-19-36)49-43-26-24-41(56-43)47(32-12-6-2-7-13-32)39-22-20-37(54-39)46(31-10-4-1-5-11-31)38-21-23-40(55-38)48(33-14-8-3-9-15-33)42-25-27-44(49)57-42/h1-28,45,50-54,57,61-64H,29-30H2/t45-,50-,51+,52+,53+/m1/s1. The number of nitrogens with zero attached hydrogens (tertiary/aromatic N) is 5. The Morgan fingerprint density at radius 1 is 0.515 bits per heavy atom. The average Bonchev–Trinajstić information content (AvgIpc) is 4.23. The minimum absolute atomic E-state index is 0.110. The maximum Gasteiger partial charge on any atom is 0.187 e. The van der Waals surface area contributed by atoms with Crippen molar-refractivity contribution in [3.05, 3.63) is 174 Å². The second-order valence-electron chi connectivity index (χ2n) is 16.3. The summed E-state index contributed by atoms with van der Waals surface area (Å²) in [6, 6.07) is 47.4. The van der Waals surface area contributed by atoms with Gasteiger partial charge in [-0.1, -0.05) is 108 Å². The number of hydrogen-bond acceptors (Lipinski definition) is 10. The van der Waals surface area contributed by atoms with E-state index in [2.05, 4.69) is 117 Å². The Bertz CT molecular complexity index is 3250. The summed E-state index contributed by atoms with van der Waals surface area (Å²) in [7, 11) is 0. The van der Waals surface area contributed by atoms with Gasteiger partial charge in [0, 0.05) is 44.3 Å². The van der Waals surface area contributed by atoms with E-state index >= 15 is 0 Å². The van der Waals surface area contributed by atoms with E-state index in [1.165, 1.54) is 0 Å². The minimum atomic E-state index is -1.55. The third-order valence-corrected chi connectivity index (χ3v) is 12.1. The van der Waals surface area contributed by atoms with Gasteiger partial charge >= 0.3 is 0 Å². The van der Waals surface area contributed by atoms with Crippen molar-refractivity contribution in [2.75, 3.05) is 6.61 Å². The third kappa shape index (κ3) is 7.65. The highest BCUT2D eigenvalue weighted by Gasteiger charge is 2.44. The van der Waals surface area contributed by atoms with E-state index in [1.54, 1.807) is 10.9 Å². The largest absolute Gasteiger partial charge is 0.394 e. The first-order valence-corrected chi connectivity index (χ1v) is 21.7. The summed E-state index contributed by atoms with van der Waals surface area (Å²) in [5, 5.41) is 48.9. The molecule has 0 amide bonds. The molecule has 3 aliphatic heterocycles. The number of nitrogens with one attached hydrogen (secondary N) is 2. The van der Waals surface area contributed by atoms with Gasteiger partial charge in [0.05, 0.1) is 47.9 Å². The zero-order chi connectivity index (χ0) is 44.7. The number of aliphatic hydroxyl groups excluding tert-OH is 4. The molecule has 0 saturated carbocycles. The van der Waals surface area contributed by atoms with Crippen LogP contribution in [0.4, 0.5) is 0 Å². The Kier molecular flexibility index (Phi) is 10.8. The summed E-state index contributed by atoms with van der Waals surface area (Å²) in [6.45, 7) is -0.665. The molecule has 8 bridgehead atoms. The Balaban J connectivity index is 1.06. The zero-order valence-electron chi connectivity index (χ0n) is 35.3. The Morgan fingerprint density at radius 2 is 0.939 bits per heavy atom. The fourth-order valence-corrected chi connectivity index (χ4v) is 8.88. The van der Waals surface area contributed by atoms with E-state index < -0.39 is 37.3 Å². The Labute approximate surface area is 378 Å². The van der Waals surface area contributed by atoms with E-state index in [1.807, 2.05) is 66.7 Å². The van der Waals surface area contributed by atoms with Crippen LogP contribution >= 0.6 is 0 Å². The van der Waals surface area contributed by atoms with Crippen molar-refractivity contribution in [2.45, 2.75) is 37.3 Å². The van der Waals surface area contributed by atoms with Crippen molar-refractivity contribution in [1.82, 2.24) is 34.9 Å². The van der Waals surface area contributed by atoms with Crippen LogP contribution in [0.5, 0.6) is 0 Å². The first-order chi connectivity index (χ1) is 32.4. The number of aromatic amines is 2. The number of H-pyrrole nitrogens is 2. The molecule has 0 unspecified atom stereocenters. The third-order valence-electron chi connectivity index (χ3n) is 12.1. The van der Waals surface area contributed by atoms with E-state index in [0.717, 1.165) is 95.0 Å². The normalized spacial score (nSPS) is 19.1. The highest BCUT2D eigenvalue weighted by atomic mass is 16.7. The lowest BCUT2D eigenvalue weighted by molar-refractivity contribution is -0.304. The van der Waals surface area contributed by atoms with Gasteiger partial charge in [0.2, 0.25) is 0 Å². The Hall–Kier alpha value is -7.62. The van der Waals surface area contributed by atoms with Crippen molar-refractivity contribution in [3.8, 4) is 50.2 Å². The molecule has 11 rings (SSSR count). The maximum atomic E-state index is 10.4. The SMILES string of the molecule is OC[C@H]1O[C@H](OCc2cn(-c3ccc(-c4c5nc(c(-c6ccccc6)c6ccc([nH]6)c(-c6ccccc6)c6nc(c(-c7ccccc7)c7ccc4[nH]7)C=C6)C=C5)cc3)nn2)[C@@H](O)[C@@H](O)[C@@H]1O. The lowest BCUT2D eigenvalue weighted by atomic mass is 9.99. The number of aromatic nitrogens is 7. The van der Waals surface area contributed by atoms with Gasteiger partial charge < -0.3 is 39.9 Å². The molecule has 5 atom stereocenters. The molecule has 0 aliphatic carbocycles. The van der Waals surface area contributed by atoms with Gasteiger partial charge in [-0.15, -0.1) is 5.10 Å². The summed E-state index contributed by atoms with van der Waals surface area (Å²) in [4.78, 5) is 18.4. The quantitative estimate of drug-likeness (QED) is 0.0825. The monoisotopic (exact) mass is 873 g/mol. The van der Waals surface area contributed by atoms with Gasteiger partial charge in [0.15, 0.2) is 6.29 Å². The highest BCUT2D eigenvalue weighted by Crippen LogP contribution is 2.38. The fraction of sp³-hybridized carbons (Fsp3) is 0.132. The lowest BCUT2D eigenvalue weighted by Gasteiger charge is -2.39. The molecule has 1 saturated heterocycles. The van der Waals surface area contributed by atoms with Crippen LogP contribution in [0.1, 0.15) is 28.5 Å². The van der Waals surface area contributed by atoms with Crippen LogP contribution in [-0.2, 0) is 16.1 Å². The second kappa shape index (κ2) is 17.4. The number of fused-ring (bicyclic) bond motifs is 8.